The highest BCUT2D eigenvalue weighted by atomic mass is 32.2. The van der Waals surface area contributed by atoms with Crippen LogP contribution in [0.4, 0.5) is 0 Å². The van der Waals surface area contributed by atoms with Gasteiger partial charge in [0.1, 0.15) is 11.6 Å². The Bertz CT molecular complexity index is 713. The zero-order valence-electron chi connectivity index (χ0n) is 13.9. The van der Waals surface area contributed by atoms with Crippen LogP contribution in [0.15, 0.2) is 29.4 Å². The average Bonchev–Trinajstić information content (AvgIpc) is 3.38. The maximum Gasteiger partial charge on any atom is 0.337 e. The SMILES string of the molecule is CCn1c(SCCOc2cccc(C(=O)OC)c2)nnc1C1CC1. The number of rotatable bonds is 8. The number of thioether (sulfide) groups is 1. The molecule has 1 aliphatic carbocycles. The van der Waals surface area contributed by atoms with Crippen molar-refractivity contribution in [2.24, 2.45) is 0 Å². The van der Waals surface area contributed by atoms with E-state index in [0.29, 0.717) is 23.8 Å². The van der Waals surface area contributed by atoms with Crippen molar-refractivity contribution in [2.75, 3.05) is 19.5 Å². The molecule has 0 bridgehead atoms. The molecule has 0 atom stereocenters. The lowest BCUT2D eigenvalue weighted by molar-refractivity contribution is 0.0600. The largest absolute Gasteiger partial charge is 0.493 e. The summed E-state index contributed by atoms with van der Waals surface area (Å²) in [4.78, 5) is 11.5. The first-order chi connectivity index (χ1) is 11.7. The van der Waals surface area contributed by atoms with Crippen LogP contribution in [0.1, 0.15) is 41.9 Å². The van der Waals surface area contributed by atoms with E-state index in [4.69, 9.17) is 9.47 Å². The third-order valence-electron chi connectivity index (χ3n) is 3.84. The highest BCUT2D eigenvalue weighted by Crippen LogP contribution is 2.39. The zero-order chi connectivity index (χ0) is 16.9. The van der Waals surface area contributed by atoms with Crippen molar-refractivity contribution in [3.8, 4) is 5.75 Å². The van der Waals surface area contributed by atoms with Crippen LogP contribution < -0.4 is 4.74 Å². The highest BCUT2D eigenvalue weighted by molar-refractivity contribution is 7.99. The van der Waals surface area contributed by atoms with Gasteiger partial charge in [0.05, 0.1) is 19.3 Å². The first-order valence-electron chi connectivity index (χ1n) is 8.10. The van der Waals surface area contributed by atoms with Gasteiger partial charge in [-0.3, -0.25) is 0 Å². The number of esters is 1. The highest BCUT2D eigenvalue weighted by Gasteiger charge is 2.29. The molecule has 1 aromatic heterocycles. The molecule has 1 aliphatic rings. The lowest BCUT2D eigenvalue weighted by Crippen LogP contribution is -2.05. The molecular formula is C17H21N3O3S. The number of methoxy groups -OCH3 is 1. The minimum Gasteiger partial charge on any atom is -0.493 e. The maximum atomic E-state index is 11.5. The Morgan fingerprint density at radius 2 is 2.21 bits per heavy atom. The fraction of sp³-hybridized carbons (Fsp3) is 0.471. The molecule has 0 spiro atoms. The molecule has 6 nitrogen and oxygen atoms in total. The number of carbonyl (C=O) groups is 1. The fourth-order valence-corrected chi connectivity index (χ4v) is 3.30. The van der Waals surface area contributed by atoms with E-state index in [1.807, 2.05) is 6.07 Å². The smallest absolute Gasteiger partial charge is 0.337 e. The van der Waals surface area contributed by atoms with Crippen LogP contribution >= 0.6 is 11.8 Å². The van der Waals surface area contributed by atoms with E-state index in [9.17, 15) is 4.79 Å². The summed E-state index contributed by atoms with van der Waals surface area (Å²) < 4.78 is 12.6. The second kappa shape index (κ2) is 7.70. The summed E-state index contributed by atoms with van der Waals surface area (Å²) in [5, 5.41) is 9.58. The van der Waals surface area contributed by atoms with Gasteiger partial charge in [-0.25, -0.2) is 4.79 Å². The lowest BCUT2D eigenvalue weighted by atomic mass is 10.2. The molecule has 1 saturated carbocycles. The van der Waals surface area contributed by atoms with E-state index in [2.05, 4.69) is 21.7 Å². The molecule has 0 saturated heterocycles. The number of aromatic nitrogens is 3. The topological polar surface area (TPSA) is 66.2 Å². The maximum absolute atomic E-state index is 11.5. The molecule has 0 N–H and O–H groups in total. The lowest BCUT2D eigenvalue weighted by Gasteiger charge is -2.08. The molecule has 0 radical (unpaired) electrons. The number of nitrogens with zero attached hydrogens (tertiary/aromatic N) is 3. The minimum absolute atomic E-state index is 0.363. The van der Waals surface area contributed by atoms with E-state index in [0.717, 1.165) is 23.3 Å². The summed E-state index contributed by atoms with van der Waals surface area (Å²) in [6, 6.07) is 7.01. The van der Waals surface area contributed by atoms with Gasteiger partial charge < -0.3 is 14.0 Å². The standard InChI is InChI=1S/C17H21N3O3S/c1-3-20-15(12-7-8-12)18-19-17(20)24-10-9-23-14-6-4-5-13(11-14)16(21)22-2/h4-6,11-12H,3,7-10H2,1-2H3. The number of hydrogen-bond donors (Lipinski definition) is 0. The predicted octanol–water partition coefficient (Wildman–Crippen LogP) is 3.13. The molecule has 0 amide bonds. The van der Waals surface area contributed by atoms with Gasteiger partial charge in [-0.1, -0.05) is 17.8 Å². The second-order valence-corrected chi connectivity index (χ2v) is 6.64. The van der Waals surface area contributed by atoms with Crippen molar-refractivity contribution in [2.45, 2.75) is 37.4 Å². The number of hydrogen-bond acceptors (Lipinski definition) is 6. The van der Waals surface area contributed by atoms with E-state index < -0.39 is 0 Å². The van der Waals surface area contributed by atoms with Gasteiger partial charge in [0.2, 0.25) is 0 Å². The van der Waals surface area contributed by atoms with Crippen molar-refractivity contribution < 1.29 is 14.3 Å². The molecule has 1 aromatic carbocycles. The van der Waals surface area contributed by atoms with Gasteiger partial charge in [0.25, 0.3) is 0 Å². The second-order valence-electron chi connectivity index (χ2n) is 5.58. The third-order valence-corrected chi connectivity index (χ3v) is 4.77. The Morgan fingerprint density at radius 1 is 1.38 bits per heavy atom. The van der Waals surface area contributed by atoms with Crippen LogP contribution in [0.25, 0.3) is 0 Å². The van der Waals surface area contributed by atoms with Crippen molar-refractivity contribution in [3.63, 3.8) is 0 Å². The summed E-state index contributed by atoms with van der Waals surface area (Å²) in [5.74, 6) is 2.79. The van der Waals surface area contributed by atoms with Crippen LogP contribution in [-0.2, 0) is 11.3 Å². The van der Waals surface area contributed by atoms with Gasteiger partial charge in [0.15, 0.2) is 5.16 Å². The number of benzene rings is 1. The Hall–Kier alpha value is -2.02. The summed E-state index contributed by atoms with van der Waals surface area (Å²) in [6.45, 7) is 3.54. The zero-order valence-corrected chi connectivity index (χ0v) is 14.7. The Morgan fingerprint density at radius 3 is 2.92 bits per heavy atom. The van der Waals surface area contributed by atoms with E-state index in [1.54, 1.807) is 30.0 Å². The average molecular weight is 347 g/mol. The molecule has 7 heteroatoms. The van der Waals surface area contributed by atoms with Crippen LogP contribution in [0.3, 0.4) is 0 Å². The Kier molecular flexibility index (Phi) is 5.40. The quantitative estimate of drug-likeness (QED) is 0.415. The number of ether oxygens (including phenoxy) is 2. The van der Waals surface area contributed by atoms with Gasteiger partial charge >= 0.3 is 5.97 Å². The van der Waals surface area contributed by atoms with Crippen LogP contribution in [0, 0.1) is 0 Å². The van der Waals surface area contributed by atoms with Crippen LogP contribution in [0.5, 0.6) is 5.75 Å². The van der Waals surface area contributed by atoms with Crippen LogP contribution in [0.2, 0.25) is 0 Å². The molecule has 1 heterocycles. The molecule has 0 aliphatic heterocycles. The number of carbonyl (C=O) groups excluding carboxylic acids is 1. The molecule has 1 fully saturated rings. The normalized spacial score (nSPS) is 13.8. The summed E-state index contributed by atoms with van der Waals surface area (Å²) in [6.07, 6.45) is 2.45. The van der Waals surface area contributed by atoms with Crippen molar-refractivity contribution in [3.05, 3.63) is 35.7 Å². The van der Waals surface area contributed by atoms with Crippen molar-refractivity contribution in [1.82, 2.24) is 14.8 Å². The first kappa shape index (κ1) is 16.8. The molecule has 24 heavy (non-hydrogen) atoms. The molecule has 0 unspecified atom stereocenters. The van der Waals surface area contributed by atoms with Crippen LogP contribution in [-0.4, -0.2) is 40.2 Å². The van der Waals surface area contributed by atoms with Crippen molar-refractivity contribution in [1.29, 1.82) is 0 Å². The summed E-state index contributed by atoms with van der Waals surface area (Å²) >= 11 is 1.64. The third kappa shape index (κ3) is 3.90. The fourth-order valence-electron chi connectivity index (χ4n) is 2.47. The van der Waals surface area contributed by atoms with Gasteiger partial charge in [-0.05, 0) is 38.0 Å². The van der Waals surface area contributed by atoms with E-state index >= 15 is 0 Å². The molecule has 3 rings (SSSR count). The van der Waals surface area contributed by atoms with Gasteiger partial charge in [-0.2, -0.15) is 0 Å². The molecule has 2 aromatic rings. The van der Waals surface area contributed by atoms with Gasteiger partial charge in [0, 0.05) is 18.2 Å². The Labute approximate surface area is 145 Å². The molecular weight excluding hydrogens is 326 g/mol. The first-order valence-corrected chi connectivity index (χ1v) is 9.08. The summed E-state index contributed by atoms with van der Waals surface area (Å²) in [7, 11) is 1.37. The molecule has 128 valence electrons. The monoisotopic (exact) mass is 347 g/mol. The van der Waals surface area contributed by atoms with Gasteiger partial charge in [-0.15, -0.1) is 10.2 Å². The minimum atomic E-state index is -0.363. The van der Waals surface area contributed by atoms with Crippen molar-refractivity contribution >= 4 is 17.7 Å². The van der Waals surface area contributed by atoms with E-state index in [-0.39, 0.29) is 5.97 Å². The Balaban J connectivity index is 1.51. The predicted molar refractivity (Wildman–Crippen MR) is 91.7 cm³/mol. The van der Waals surface area contributed by atoms with E-state index in [1.165, 1.54) is 20.0 Å². The summed E-state index contributed by atoms with van der Waals surface area (Å²) in [5.41, 5.74) is 0.488.